The van der Waals surface area contributed by atoms with Crippen LogP contribution in [0.5, 0.6) is 0 Å². The number of hydrogen-bond acceptors (Lipinski definition) is 5. The van der Waals surface area contributed by atoms with Gasteiger partial charge in [0.15, 0.2) is 6.10 Å². The molecule has 27 heavy (non-hydrogen) atoms. The van der Waals surface area contributed by atoms with Crippen molar-refractivity contribution in [1.29, 1.82) is 0 Å². The Bertz CT molecular complexity index is 728. The number of carbonyl (C=O) groups excluding carboxylic acids is 3. The van der Waals surface area contributed by atoms with Crippen LogP contribution in [0.3, 0.4) is 0 Å². The Kier molecular flexibility index (Phi) is 7.03. The van der Waals surface area contributed by atoms with Crippen molar-refractivity contribution in [2.45, 2.75) is 73.0 Å². The van der Waals surface area contributed by atoms with E-state index in [1.807, 2.05) is 13.8 Å². The summed E-state index contributed by atoms with van der Waals surface area (Å²) >= 11 is 1.33. The molecule has 1 heterocycles. The Hall–Kier alpha value is -1.89. The van der Waals surface area contributed by atoms with Gasteiger partial charge in [0.1, 0.15) is 5.00 Å². The molecule has 2 N–H and O–H groups in total. The van der Waals surface area contributed by atoms with Gasteiger partial charge in [-0.25, -0.2) is 4.79 Å². The average Bonchev–Trinajstić information content (AvgIpc) is 2.85. The van der Waals surface area contributed by atoms with Gasteiger partial charge < -0.3 is 15.4 Å². The molecule has 1 saturated carbocycles. The van der Waals surface area contributed by atoms with Gasteiger partial charge in [-0.3, -0.25) is 9.59 Å². The highest BCUT2D eigenvalue weighted by atomic mass is 32.1. The lowest BCUT2D eigenvalue weighted by atomic mass is 9.78. The highest BCUT2D eigenvalue weighted by Gasteiger charge is 2.31. The Labute approximate surface area is 165 Å². The first-order valence-corrected chi connectivity index (χ1v) is 10.3. The second-order valence-electron chi connectivity index (χ2n) is 7.60. The molecule has 2 amide bonds. The summed E-state index contributed by atoms with van der Waals surface area (Å²) in [5.41, 5.74) is 1.09. The zero-order chi connectivity index (χ0) is 20.3. The number of esters is 1. The molecule has 0 saturated heterocycles. The third-order valence-corrected chi connectivity index (χ3v) is 6.69. The van der Waals surface area contributed by atoms with E-state index in [1.54, 1.807) is 6.92 Å². The van der Waals surface area contributed by atoms with Gasteiger partial charge in [0.05, 0.1) is 5.56 Å². The number of rotatable bonds is 5. The topological polar surface area (TPSA) is 84.5 Å². The summed E-state index contributed by atoms with van der Waals surface area (Å²) in [7, 11) is 0. The first-order valence-electron chi connectivity index (χ1n) is 9.50. The Morgan fingerprint density at radius 3 is 2.48 bits per heavy atom. The third-order valence-electron chi connectivity index (χ3n) is 5.57. The van der Waals surface area contributed by atoms with Crippen LogP contribution in [0.2, 0.25) is 0 Å². The lowest BCUT2D eigenvalue weighted by molar-refractivity contribution is -0.130. The maximum atomic E-state index is 12.7. The van der Waals surface area contributed by atoms with Gasteiger partial charge in [-0.1, -0.05) is 26.7 Å². The molecule has 6 nitrogen and oxygen atoms in total. The van der Waals surface area contributed by atoms with Crippen LogP contribution in [0, 0.1) is 25.7 Å². The Morgan fingerprint density at radius 1 is 1.19 bits per heavy atom. The summed E-state index contributed by atoms with van der Waals surface area (Å²) in [6.07, 6.45) is 2.33. The van der Waals surface area contributed by atoms with E-state index in [4.69, 9.17) is 4.74 Å². The SMILES string of the molecule is CC(=O)Nc1sc(C)c(C)c1C(=O)O[C@H](C)C(=O)N[C@@H]1CCC[C@@H](C)[C@H]1C. The predicted molar refractivity (Wildman–Crippen MR) is 107 cm³/mol. The van der Waals surface area contributed by atoms with Crippen molar-refractivity contribution < 1.29 is 19.1 Å². The van der Waals surface area contributed by atoms with E-state index in [2.05, 4.69) is 24.5 Å². The predicted octanol–water partition coefficient (Wildman–Crippen LogP) is 3.81. The number of ether oxygens (including phenoxy) is 1. The second-order valence-corrected chi connectivity index (χ2v) is 8.82. The summed E-state index contributed by atoms with van der Waals surface area (Å²) < 4.78 is 5.42. The second kappa shape index (κ2) is 8.87. The summed E-state index contributed by atoms with van der Waals surface area (Å²) in [4.78, 5) is 37.5. The van der Waals surface area contributed by atoms with E-state index in [0.29, 0.717) is 22.4 Å². The van der Waals surface area contributed by atoms with Gasteiger partial charge in [-0.05, 0) is 44.6 Å². The van der Waals surface area contributed by atoms with Gasteiger partial charge in [0, 0.05) is 17.8 Å². The molecule has 1 aliphatic rings. The Morgan fingerprint density at radius 2 is 1.85 bits per heavy atom. The van der Waals surface area contributed by atoms with E-state index in [1.165, 1.54) is 24.7 Å². The van der Waals surface area contributed by atoms with Gasteiger partial charge in [-0.2, -0.15) is 0 Å². The van der Waals surface area contributed by atoms with Gasteiger partial charge >= 0.3 is 5.97 Å². The van der Waals surface area contributed by atoms with E-state index < -0.39 is 12.1 Å². The van der Waals surface area contributed by atoms with Crippen LogP contribution in [0.15, 0.2) is 0 Å². The van der Waals surface area contributed by atoms with Crippen LogP contribution in [0.1, 0.15) is 67.8 Å². The molecule has 1 aliphatic carbocycles. The lowest BCUT2D eigenvalue weighted by Crippen LogP contribution is -2.47. The average molecular weight is 395 g/mol. The molecule has 0 radical (unpaired) electrons. The molecule has 0 unspecified atom stereocenters. The number of nitrogens with one attached hydrogen (secondary N) is 2. The zero-order valence-corrected chi connectivity index (χ0v) is 17.8. The molecule has 1 aromatic rings. The van der Waals surface area contributed by atoms with Crippen LogP contribution >= 0.6 is 11.3 Å². The number of thiophene rings is 1. The van der Waals surface area contributed by atoms with Crippen LogP contribution in [-0.2, 0) is 14.3 Å². The minimum atomic E-state index is -0.897. The minimum absolute atomic E-state index is 0.113. The largest absolute Gasteiger partial charge is 0.449 e. The number of carbonyl (C=O) groups is 3. The van der Waals surface area contributed by atoms with Gasteiger partial charge in [0.2, 0.25) is 5.91 Å². The van der Waals surface area contributed by atoms with Crippen molar-refractivity contribution in [1.82, 2.24) is 5.32 Å². The summed E-state index contributed by atoms with van der Waals surface area (Å²) in [5, 5.41) is 6.17. The molecule has 1 fully saturated rings. The number of hydrogen-bond donors (Lipinski definition) is 2. The fourth-order valence-corrected chi connectivity index (χ4v) is 4.57. The quantitative estimate of drug-likeness (QED) is 0.744. The van der Waals surface area contributed by atoms with Crippen molar-refractivity contribution in [2.24, 2.45) is 11.8 Å². The zero-order valence-electron chi connectivity index (χ0n) is 17.0. The number of aryl methyl sites for hydroxylation is 1. The molecule has 150 valence electrons. The number of amides is 2. The van der Waals surface area contributed by atoms with Crippen molar-refractivity contribution in [2.75, 3.05) is 5.32 Å². The summed E-state index contributed by atoms with van der Waals surface area (Å²) in [5.74, 6) is -0.151. The fraction of sp³-hybridized carbons (Fsp3) is 0.650. The molecule has 0 spiro atoms. The monoisotopic (exact) mass is 394 g/mol. The van der Waals surface area contributed by atoms with Gasteiger partial charge in [-0.15, -0.1) is 11.3 Å². The van der Waals surface area contributed by atoms with E-state index >= 15 is 0 Å². The van der Waals surface area contributed by atoms with Crippen molar-refractivity contribution in [3.05, 3.63) is 16.0 Å². The van der Waals surface area contributed by atoms with E-state index in [-0.39, 0.29) is 17.9 Å². The maximum absolute atomic E-state index is 12.7. The highest BCUT2D eigenvalue weighted by molar-refractivity contribution is 7.16. The first-order chi connectivity index (χ1) is 12.6. The van der Waals surface area contributed by atoms with Crippen LogP contribution in [0.4, 0.5) is 5.00 Å². The van der Waals surface area contributed by atoms with Crippen LogP contribution < -0.4 is 10.6 Å². The normalized spacial score (nSPS) is 23.4. The van der Waals surface area contributed by atoms with Crippen molar-refractivity contribution in [3.8, 4) is 0 Å². The Balaban J connectivity index is 2.05. The van der Waals surface area contributed by atoms with E-state index in [9.17, 15) is 14.4 Å². The smallest absolute Gasteiger partial charge is 0.342 e. The molecule has 2 rings (SSSR count). The molecular weight excluding hydrogens is 364 g/mol. The standard InChI is InChI=1S/C20H30N2O4S/c1-10-8-7-9-16(11(10)2)22-18(24)13(4)26-20(25)17-12(3)14(5)27-19(17)21-15(6)23/h10-11,13,16H,7-9H2,1-6H3,(H,21,23)(H,22,24)/t10-,11-,13-,16-/m1/s1. The lowest BCUT2D eigenvalue weighted by Gasteiger charge is -2.35. The van der Waals surface area contributed by atoms with Crippen LogP contribution in [0.25, 0.3) is 0 Å². The van der Waals surface area contributed by atoms with Gasteiger partial charge in [0.25, 0.3) is 5.91 Å². The third kappa shape index (κ3) is 5.09. The molecule has 1 aromatic heterocycles. The molecule has 7 heteroatoms. The fourth-order valence-electron chi connectivity index (χ4n) is 3.48. The first kappa shape index (κ1) is 21.4. The maximum Gasteiger partial charge on any atom is 0.342 e. The van der Waals surface area contributed by atoms with Crippen LogP contribution in [-0.4, -0.2) is 29.9 Å². The molecule has 0 bridgehead atoms. The van der Waals surface area contributed by atoms with E-state index in [0.717, 1.165) is 23.3 Å². The molecule has 4 atom stereocenters. The molecule has 0 aromatic carbocycles. The molecule has 0 aliphatic heterocycles. The summed E-state index contributed by atoms with van der Waals surface area (Å²) in [6.45, 7) is 11.0. The highest BCUT2D eigenvalue weighted by Crippen LogP contribution is 2.33. The summed E-state index contributed by atoms with van der Waals surface area (Å²) in [6, 6.07) is 0.113. The molecular formula is C20H30N2O4S. The van der Waals surface area contributed by atoms with Crippen molar-refractivity contribution in [3.63, 3.8) is 0 Å². The minimum Gasteiger partial charge on any atom is -0.449 e. The number of anilines is 1. The van der Waals surface area contributed by atoms with Crippen molar-refractivity contribution >= 4 is 34.1 Å².